The van der Waals surface area contributed by atoms with E-state index in [1.807, 2.05) is 0 Å². The standard InChI is InChI=1S/C72H137NO5/c1-3-5-7-9-11-13-15-17-18-19-20-28-31-34-37-41-44-48-52-56-60-64-70(75)69(68-74)73-71(76)65-61-57-53-49-45-42-38-35-32-29-26-24-22-21-23-25-27-30-33-36-39-43-47-51-55-59-63-67-78-72(77)66-62-58-54-50-46-40-16-14-12-10-8-6-4-2/h14,16,21-22,25,27,69-70,74-75H,3-13,15,17-20,23-24,26,28-68H2,1-2H3,(H,73,76)/b16-14-,22-21-,27-25-. The Balaban J connectivity index is 3.42. The lowest BCUT2D eigenvalue weighted by Gasteiger charge is -2.22. The van der Waals surface area contributed by atoms with Gasteiger partial charge < -0.3 is 20.3 Å². The predicted octanol–water partition coefficient (Wildman–Crippen LogP) is 22.7. The van der Waals surface area contributed by atoms with Crippen LogP contribution in [0, 0.1) is 0 Å². The number of aliphatic hydroxyl groups excluding tert-OH is 2. The van der Waals surface area contributed by atoms with Crippen LogP contribution in [0.15, 0.2) is 36.5 Å². The zero-order valence-corrected chi connectivity index (χ0v) is 52.7. The average molecular weight is 1100 g/mol. The Bertz CT molecular complexity index is 1260. The van der Waals surface area contributed by atoms with Gasteiger partial charge in [-0.25, -0.2) is 0 Å². The van der Waals surface area contributed by atoms with E-state index in [9.17, 15) is 19.8 Å². The number of nitrogens with one attached hydrogen (secondary N) is 1. The molecule has 0 saturated carbocycles. The lowest BCUT2D eigenvalue weighted by atomic mass is 10.0. The molecule has 0 aromatic heterocycles. The van der Waals surface area contributed by atoms with E-state index in [-0.39, 0.29) is 18.5 Å². The zero-order valence-electron chi connectivity index (χ0n) is 52.7. The average Bonchev–Trinajstić information content (AvgIpc) is 3.44. The van der Waals surface area contributed by atoms with E-state index < -0.39 is 12.1 Å². The summed E-state index contributed by atoms with van der Waals surface area (Å²) in [5.41, 5.74) is 0. The predicted molar refractivity (Wildman–Crippen MR) is 343 cm³/mol. The molecule has 1 amide bonds. The van der Waals surface area contributed by atoms with Crippen molar-refractivity contribution in [1.82, 2.24) is 5.32 Å². The molecule has 0 fully saturated rings. The number of carbonyl (C=O) groups excluding carboxylic acids is 2. The summed E-state index contributed by atoms with van der Waals surface area (Å²) < 4.78 is 5.47. The topological polar surface area (TPSA) is 95.9 Å². The summed E-state index contributed by atoms with van der Waals surface area (Å²) in [7, 11) is 0. The molecule has 0 spiro atoms. The molecule has 0 saturated heterocycles. The molecule has 0 heterocycles. The Morgan fingerprint density at radius 3 is 1.00 bits per heavy atom. The highest BCUT2D eigenvalue weighted by Gasteiger charge is 2.20. The van der Waals surface area contributed by atoms with Crippen molar-refractivity contribution in [2.45, 2.75) is 398 Å². The summed E-state index contributed by atoms with van der Waals surface area (Å²) >= 11 is 0. The summed E-state index contributed by atoms with van der Waals surface area (Å²) in [6.45, 7) is 4.96. The van der Waals surface area contributed by atoms with Crippen molar-refractivity contribution in [2.75, 3.05) is 13.2 Å². The second-order valence-corrected chi connectivity index (χ2v) is 24.2. The number of aliphatic hydroxyl groups is 2. The Labute approximate surface area is 487 Å². The van der Waals surface area contributed by atoms with E-state index in [2.05, 4.69) is 55.6 Å². The van der Waals surface area contributed by atoms with E-state index in [0.29, 0.717) is 25.9 Å². The molecule has 2 atom stereocenters. The van der Waals surface area contributed by atoms with Gasteiger partial charge in [0.1, 0.15) is 0 Å². The molecule has 0 aliphatic heterocycles. The van der Waals surface area contributed by atoms with Crippen molar-refractivity contribution in [3.63, 3.8) is 0 Å². The van der Waals surface area contributed by atoms with Crippen molar-refractivity contribution in [3.05, 3.63) is 36.5 Å². The van der Waals surface area contributed by atoms with Crippen molar-refractivity contribution in [3.8, 4) is 0 Å². The van der Waals surface area contributed by atoms with E-state index in [1.54, 1.807) is 0 Å². The first kappa shape index (κ1) is 76.1. The van der Waals surface area contributed by atoms with E-state index in [0.717, 1.165) is 51.4 Å². The number of esters is 1. The van der Waals surface area contributed by atoms with Crippen LogP contribution in [0.4, 0.5) is 0 Å². The number of carbonyl (C=O) groups is 2. The Morgan fingerprint density at radius 1 is 0.359 bits per heavy atom. The van der Waals surface area contributed by atoms with Gasteiger partial charge in [-0.05, 0) is 83.5 Å². The number of rotatable bonds is 66. The highest BCUT2D eigenvalue weighted by Crippen LogP contribution is 2.18. The molecule has 6 heteroatoms. The minimum atomic E-state index is -0.668. The van der Waals surface area contributed by atoms with Crippen molar-refractivity contribution in [1.29, 1.82) is 0 Å². The van der Waals surface area contributed by atoms with Crippen LogP contribution in [0.25, 0.3) is 0 Å². The van der Waals surface area contributed by atoms with Crippen LogP contribution in [0.1, 0.15) is 386 Å². The number of hydrogen-bond donors (Lipinski definition) is 3. The fraction of sp³-hybridized carbons (Fsp3) is 0.889. The van der Waals surface area contributed by atoms with Crippen LogP contribution in [0.2, 0.25) is 0 Å². The molecule has 6 nitrogen and oxygen atoms in total. The SMILES string of the molecule is CCCCCC/C=C\CCCCCCCC(=O)OCCCCCCCCCCC/C=C\C/C=C\CCCCCCCCCCCCCC(=O)NC(CO)C(O)CCCCCCCCCCCCCCCCCCCCCCC. The van der Waals surface area contributed by atoms with Gasteiger partial charge in [-0.2, -0.15) is 0 Å². The fourth-order valence-corrected chi connectivity index (χ4v) is 11.0. The molecule has 0 aromatic rings. The summed E-state index contributed by atoms with van der Waals surface area (Å²) in [5.74, 6) is -0.0325. The maximum Gasteiger partial charge on any atom is 0.305 e. The first-order valence-corrected chi connectivity index (χ1v) is 35.2. The molecule has 0 aliphatic carbocycles. The largest absolute Gasteiger partial charge is 0.466 e. The van der Waals surface area contributed by atoms with Crippen LogP contribution >= 0.6 is 0 Å². The van der Waals surface area contributed by atoms with Gasteiger partial charge in [-0.1, -0.05) is 326 Å². The van der Waals surface area contributed by atoms with Crippen LogP contribution in [0.5, 0.6) is 0 Å². The lowest BCUT2D eigenvalue weighted by Crippen LogP contribution is -2.45. The minimum Gasteiger partial charge on any atom is -0.466 e. The molecular formula is C72H137NO5. The maximum atomic E-state index is 12.5. The molecule has 460 valence electrons. The molecule has 2 unspecified atom stereocenters. The van der Waals surface area contributed by atoms with Crippen molar-refractivity contribution >= 4 is 11.9 Å². The van der Waals surface area contributed by atoms with Crippen LogP contribution < -0.4 is 5.32 Å². The number of allylic oxidation sites excluding steroid dienone is 6. The van der Waals surface area contributed by atoms with E-state index >= 15 is 0 Å². The monoisotopic (exact) mass is 1100 g/mol. The number of hydrogen-bond acceptors (Lipinski definition) is 5. The summed E-state index contributed by atoms with van der Waals surface area (Å²) in [6.07, 6.45) is 86.2. The van der Waals surface area contributed by atoms with Gasteiger partial charge >= 0.3 is 5.97 Å². The molecule has 0 rings (SSSR count). The molecule has 3 N–H and O–H groups in total. The molecule has 0 radical (unpaired) electrons. The third kappa shape index (κ3) is 63.3. The van der Waals surface area contributed by atoms with Gasteiger partial charge in [0.15, 0.2) is 0 Å². The second-order valence-electron chi connectivity index (χ2n) is 24.2. The normalized spacial score (nSPS) is 12.7. The van der Waals surface area contributed by atoms with Gasteiger partial charge in [0.05, 0.1) is 25.4 Å². The lowest BCUT2D eigenvalue weighted by molar-refractivity contribution is -0.143. The Hall–Kier alpha value is -1.92. The molecular weight excluding hydrogens is 959 g/mol. The number of amides is 1. The second kappa shape index (κ2) is 67.6. The maximum absolute atomic E-state index is 12.5. The van der Waals surface area contributed by atoms with Gasteiger partial charge in [0, 0.05) is 12.8 Å². The first-order chi connectivity index (χ1) is 38.5. The van der Waals surface area contributed by atoms with E-state index in [4.69, 9.17) is 4.74 Å². The third-order valence-corrected chi connectivity index (χ3v) is 16.4. The molecule has 78 heavy (non-hydrogen) atoms. The summed E-state index contributed by atoms with van der Waals surface area (Å²) in [4.78, 5) is 24.6. The third-order valence-electron chi connectivity index (χ3n) is 16.4. The highest BCUT2D eigenvalue weighted by molar-refractivity contribution is 5.76. The summed E-state index contributed by atoms with van der Waals surface area (Å²) in [5, 5.41) is 23.4. The Morgan fingerprint density at radius 2 is 0.641 bits per heavy atom. The Kier molecular flexibility index (Phi) is 65.9. The molecule has 0 bridgehead atoms. The van der Waals surface area contributed by atoms with Gasteiger partial charge in [0.25, 0.3) is 0 Å². The van der Waals surface area contributed by atoms with Gasteiger partial charge in [-0.3, -0.25) is 9.59 Å². The number of ether oxygens (including phenoxy) is 1. The highest BCUT2D eigenvalue weighted by atomic mass is 16.5. The van der Waals surface area contributed by atoms with E-state index in [1.165, 1.54) is 302 Å². The summed E-state index contributed by atoms with van der Waals surface area (Å²) in [6, 6.07) is -0.545. The minimum absolute atomic E-state index is 0.00179. The van der Waals surface area contributed by atoms with Crippen molar-refractivity contribution in [2.24, 2.45) is 0 Å². The number of unbranched alkanes of at least 4 members (excludes halogenated alkanes) is 49. The quantitative estimate of drug-likeness (QED) is 0.0320. The molecule has 0 aromatic carbocycles. The van der Waals surface area contributed by atoms with Gasteiger partial charge in [0.2, 0.25) is 5.91 Å². The van der Waals surface area contributed by atoms with Gasteiger partial charge in [-0.15, -0.1) is 0 Å². The smallest absolute Gasteiger partial charge is 0.305 e. The fourth-order valence-electron chi connectivity index (χ4n) is 11.0. The van der Waals surface area contributed by atoms with Crippen molar-refractivity contribution < 1.29 is 24.5 Å². The molecule has 0 aliphatic rings. The zero-order chi connectivity index (χ0) is 56.4. The van der Waals surface area contributed by atoms with Crippen LogP contribution in [0.3, 0.4) is 0 Å². The van der Waals surface area contributed by atoms with Crippen LogP contribution in [-0.4, -0.2) is 47.4 Å². The first-order valence-electron chi connectivity index (χ1n) is 35.2. The van der Waals surface area contributed by atoms with Crippen LogP contribution in [-0.2, 0) is 14.3 Å².